The highest BCUT2D eigenvalue weighted by atomic mass is 32.2. The first-order valence-corrected chi connectivity index (χ1v) is 12.6. The highest BCUT2D eigenvalue weighted by molar-refractivity contribution is 7.91. The number of carbonyl (C=O) groups excluding carboxylic acids is 1. The maximum atomic E-state index is 12.5. The maximum Gasteiger partial charge on any atom is 0.269 e. The number of nitrogens with one attached hydrogen (secondary N) is 2. The van der Waals surface area contributed by atoms with E-state index in [2.05, 4.69) is 32.1 Å². The number of anilines is 1. The highest BCUT2D eigenvalue weighted by Crippen LogP contribution is 2.22. The minimum Gasteiger partial charge on any atom is -0.300 e. The molecule has 0 bridgehead atoms. The Hall–Kier alpha value is -1.88. The summed E-state index contributed by atoms with van der Waals surface area (Å²) in [5, 5.41) is 10.3. The largest absolute Gasteiger partial charge is 0.300 e. The van der Waals surface area contributed by atoms with Crippen LogP contribution in [0.25, 0.3) is 0 Å². The van der Waals surface area contributed by atoms with Crippen LogP contribution < -0.4 is 10.0 Å². The Morgan fingerprint density at radius 3 is 2.83 bits per heavy atom. The first-order chi connectivity index (χ1) is 14.4. The number of carbonyl (C=O) groups is 1. The SMILES string of the molecule is CC[C@@H]1CCCCN1CCCNS(=O)(=O)c1nnc(NC(=O)c2ccccc2C)s1. The fourth-order valence-corrected chi connectivity index (χ4v) is 5.74. The molecule has 1 saturated heterocycles. The molecule has 3 rings (SSSR count). The van der Waals surface area contributed by atoms with E-state index < -0.39 is 10.0 Å². The van der Waals surface area contributed by atoms with E-state index in [4.69, 9.17) is 0 Å². The van der Waals surface area contributed by atoms with E-state index in [1.807, 2.05) is 19.1 Å². The lowest BCUT2D eigenvalue weighted by Crippen LogP contribution is -2.40. The summed E-state index contributed by atoms with van der Waals surface area (Å²) in [5.74, 6) is -0.340. The molecule has 2 heterocycles. The molecule has 0 saturated carbocycles. The van der Waals surface area contributed by atoms with Crippen molar-refractivity contribution in [3.05, 3.63) is 35.4 Å². The fraction of sp³-hybridized carbons (Fsp3) is 0.550. The third-order valence-electron chi connectivity index (χ3n) is 5.38. The molecule has 10 heteroatoms. The predicted octanol–water partition coefficient (Wildman–Crippen LogP) is 3.03. The molecule has 0 radical (unpaired) electrons. The maximum absolute atomic E-state index is 12.5. The number of benzene rings is 1. The molecule has 1 aliphatic heterocycles. The van der Waals surface area contributed by atoms with Crippen molar-refractivity contribution in [1.29, 1.82) is 0 Å². The van der Waals surface area contributed by atoms with E-state index in [0.29, 0.717) is 18.2 Å². The Balaban J connectivity index is 1.51. The van der Waals surface area contributed by atoms with E-state index in [1.165, 1.54) is 19.3 Å². The average Bonchev–Trinajstić information content (AvgIpc) is 3.21. The van der Waals surface area contributed by atoms with E-state index in [0.717, 1.165) is 42.8 Å². The highest BCUT2D eigenvalue weighted by Gasteiger charge is 2.23. The summed E-state index contributed by atoms with van der Waals surface area (Å²) in [6, 6.07) is 7.77. The van der Waals surface area contributed by atoms with Crippen LogP contribution in [-0.2, 0) is 10.0 Å². The smallest absolute Gasteiger partial charge is 0.269 e. The van der Waals surface area contributed by atoms with Crippen LogP contribution in [0.3, 0.4) is 0 Å². The zero-order valence-corrected chi connectivity index (χ0v) is 19.1. The lowest BCUT2D eigenvalue weighted by molar-refractivity contribution is 0.102. The number of piperidine rings is 1. The summed E-state index contributed by atoms with van der Waals surface area (Å²) >= 11 is 0.844. The number of hydrogen-bond donors (Lipinski definition) is 2. The van der Waals surface area contributed by atoms with Gasteiger partial charge in [0.25, 0.3) is 15.9 Å². The Morgan fingerprint density at radius 1 is 1.27 bits per heavy atom. The Bertz CT molecular complexity index is 961. The molecule has 164 valence electrons. The summed E-state index contributed by atoms with van der Waals surface area (Å²) in [5.41, 5.74) is 1.34. The van der Waals surface area contributed by atoms with Crippen molar-refractivity contribution >= 4 is 32.4 Å². The number of aromatic nitrogens is 2. The molecule has 0 aliphatic carbocycles. The molecule has 0 unspecified atom stereocenters. The number of amides is 1. The number of likely N-dealkylation sites (tertiary alicyclic amines) is 1. The molecule has 1 amide bonds. The minimum atomic E-state index is -3.75. The molecule has 2 N–H and O–H groups in total. The molecule has 2 aromatic rings. The van der Waals surface area contributed by atoms with Gasteiger partial charge in [-0.1, -0.05) is 42.9 Å². The normalized spacial score (nSPS) is 17.7. The van der Waals surface area contributed by atoms with Gasteiger partial charge in [-0.15, -0.1) is 10.2 Å². The van der Waals surface area contributed by atoms with Crippen molar-refractivity contribution < 1.29 is 13.2 Å². The number of nitrogens with zero attached hydrogens (tertiary/aromatic N) is 3. The minimum absolute atomic E-state index is 0.146. The van der Waals surface area contributed by atoms with Crippen molar-refractivity contribution in [2.75, 3.05) is 25.0 Å². The van der Waals surface area contributed by atoms with Crippen LogP contribution >= 0.6 is 11.3 Å². The first kappa shape index (κ1) is 22.8. The van der Waals surface area contributed by atoms with Gasteiger partial charge < -0.3 is 4.90 Å². The molecule has 30 heavy (non-hydrogen) atoms. The van der Waals surface area contributed by atoms with Crippen LogP contribution in [0.5, 0.6) is 0 Å². The van der Waals surface area contributed by atoms with Crippen LogP contribution in [0.2, 0.25) is 0 Å². The molecular weight excluding hydrogens is 422 g/mol. The van der Waals surface area contributed by atoms with E-state index in [9.17, 15) is 13.2 Å². The number of sulfonamides is 1. The van der Waals surface area contributed by atoms with Gasteiger partial charge in [-0.2, -0.15) is 0 Å². The molecule has 8 nitrogen and oxygen atoms in total. The molecule has 1 aromatic heterocycles. The van der Waals surface area contributed by atoms with Gasteiger partial charge in [-0.3, -0.25) is 10.1 Å². The van der Waals surface area contributed by atoms with Gasteiger partial charge in [0.05, 0.1) is 0 Å². The van der Waals surface area contributed by atoms with Crippen LogP contribution in [0.15, 0.2) is 28.6 Å². The summed E-state index contributed by atoms with van der Waals surface area (Å²) < 4.78 is 27.4. The summed E-state index contributed by atoms with van der Waals surface area (Å²) in [4.78, 5) is 14.8. The quantitative estimate of drug-likeness (QED) is 0.449. The summed E-state index contributed by atoms with van der Waals surface area (Å²) in [6.45, 7) is 6.36. The van der Waals surface area contributed by atoms with Gasteiger partial charge in [0.2, 0.25) is 9.47 Å². The van der Waals surface area contributed by atoms with Gasteiger partial charge in [0, 0.05) is 18.2 Å². The Labute approximate surface area is 182 Å². The summed E-state index contributed by atoms with van der Waals surface area (Å²) in [7, 11) is -3.75. The second kappa shape index (κ2) is 10.4. The van der Waals surface area contributed by atoms with Crippen LogP contribution in [0, 0.1) is 6.92 Å². The molecule has 1 aromatic carbocycles. The van der Waals surface area contributed by atoms with Gasteiger partial charge in [0.15, 0.2) is 0 Å². The molecule has 1 atom stereocenters. The standard InChI is InChI=1S/C20H29N5O3S2/c1-3-16-10-6-7-13-25(16)14-8-12-21-30(27,28)20-24-23-19(29-20)22-18(26)17-11-5-4-9-15(17)2/h4-5,9,11,16,21H,3,6-8,10,12-14H2,1-2H3,(H,22,23,26)/t16-/m1/s1. The van der Waals surface area contributed by atoms with Crippen LogP contribution in [-0.4, -0.2) is 55.1 Å². The Morgan fingerprint density at radius 2 is 2.07 bits per heavy atom. The third-order valence-corrected chi connectivity index (χ3v) is 8.05. The second-order valence-electron chi connectivity index (χ2n) is 7.49. The zero-order valence-electron chi connectivity index (χ0n) is 17.4. The molecule has 1 aliphatic rings. The topological polar surface area (TPSA) is 104 Å². The number of hydrogen-bond acceptors (Lipinski definition) is 7. The van der Waals surface area contributed by atoms with Crippen molar-refractivity contribution in [1.82, 2.24) is 19.8 Å². The van der Waals surface area contributed by atoms with Crippen LogP contribution in [0.1, 0.15) is 54.9 Å². The lowest BCUT2D eigenvalue weighted by atomic mass is 10.00. The molecule has 0 spiro atoms. The third kappa shape index (κ3) is 5.84. The monoisotopic (exact) mass is 451 g/mol. The van der Waals surface area contributed by atoms with Crippen molar-refractivity contribution in [3.8, 4) is 0 Å². The van der Waals surface area contributed by atoms with Gasteiger partial charge >= 0.3 is 0 Å². The fourth-order valence-electron chi connectivity index (χ4n) is 3.73. The van der Waals surface area contributed by atoms with E-state index >= 15 is 0 Å². The van der Waals surface area contributed by atoms with Gasteiger partial charge in [-0.05, 0) is 57.3 Å². The number of aryl methyl sites for hydroxylation is 1. The summed E-state index contributed by atoms with van der Waals surface area (Å²) in [6.07, 6.45) is 5.59. The Kier molecular flexibility index (Phi) is 7.93. The average molecular weight is 452 g/mol. The predicted molar refractivity (Wildman–Crippen MR) is 118 cm³/mol. The van der Waals surface area contributed by atoms with Gasteiger partial charge in [0.1, 0.15) is 0 Å². The molecular formula is C20H29N5O3S2. The van der Waals surface area contributed by atoms with Crippen molar-refractivity contribution in [2.24, 2.45) is 0 Å². The van der Waals surface area contributed by atoms with Crippen molar-refractivity contribution in [3.63, 3.8) is 0 Å². The van der Waals surface area contributed by atoms with Crippen molar-refractivity contribution in [2.45, 2.75) is 56.3 Å². The number of rotatable bonds is 9. The van der Waals surface area contributed by atoms with Crippen LogP contribution in [0.4, 0.5) is 5.13 Å². The first-order valence-electron chi connectivity index (χ1n) is 10.3. The lowest BCUT2D eigenvalue weighted by Gasteiger charge is -2.35. The van der Waals surface area contributed by atoms with Gasteiger partial charge in [-0.25, -0.2) is 13.1 Å². The molecule has 1 fully saturated rings. The van der Waals surface area contributed by atoms with E-state index in [1.54, 1.807) is 12.1 Å². The second-order valence-corrected chi connectivity index (χ2v) is 10.4. The zero-order chi connectivity index (χ0) is 21.6. The van der Waals surface area contributed by atoms with E-state index in [-0.39, 0.29) is 15.4 Å².